The van der Waals surface area contributed by atoms with Gasteiger partial charge < -0.3 is 14.7 Å². The van der Waals surface area contributed by atoms with Crippen molar-refractivity contribution in [2.45, 2.75) is 32.3 Å². The molecule has 20 heavy (non-hydrogen) atoms. The fourth-order valence-electron chi connectivity index (χ4n) is 2.77. The number of carbonyl (C=O) groups is 1. The van der Waals surface area contributed by atoms with Gasteiger partial charge in [0.25, 0.3) is 5.91 Å². The first-order valence-electron chi connectivity index (χ1n) is 7.05. The SMILES string of the molecule is Cc1cccc(C)c1C(=O)N(C)CC1(O)CCOCC1. The number of hydrogen-bond acceptors (Lipinski definition) is 3. The van der Waals surface area contributed by atoms with E-state index in [1.807, 2.05) is 32.0 Å². The predicted molar refractivity (Wildman–Crippen MR) is 77.9 cm³/mol. The number of nitrogens with zero attached hydrogens (tertiary/aromatic N) is 1. The molecule has 0 aromatic heterocycles. The number of amides is 1. The number of aliphatic hydroxyl groups is 1. The van der Waals surface area contributed by atoms with Crippen LogP contribution in [-0.2, 0) is 4.74 Å². The average molecular weight is 277 g/mol. The molecule has 4 heteroatoms. The maximum Gasteiger partial charge on any atom is 0.254 e. The standard InChI is InChI=1S/C16H23NO3/c1-12-5-4-6-13(2)14(12)15(18)17(3)11-16(19)7-9-20-10-8-16/h4-6,19H,7-11H2,1-3H3. The molecule has 2 rings (SSSR count). The topological polar surface area (TPSA) is 49.8 Å². The minimum Gasteiger partial charge on any atom is -0.388 e. The average Bonchev–Trinajstić information content (AvgIpc) is 2.38. The molecule has 1 amide bonds. The monoisotopic (exact) mass is 277 g/mol. The van der Waals surface area contributed by atoms with E-state index in [1.165, 1.54) is 0 Å². The fourth-order valence-corrected chi connectivity index (χ4v) is 2.77. The Kier molecular flexibility index (Phi) is 4.45. The Morgan fingerprint density at radius 3 is 2.40 bits per heavy atom. The lowest BCUT2D eigenvalue weighted by molar-refractivity contribution is -0.0734. The van der Waals surface area contributed by atoms with Crippen LogP contribution in [-0.4, -0.2) is 48.3 Å². The summed E-state index contributed by atoms with van der Waals surface area (Å²) >= 11 is 0. The smallest absolute Gasteiger partial charge is 0.254 e. The van der Waals surface area contributed by atoms with E-state index in [9.17, 15) is 9.90 Å². The molecular formula is C16H23NO3. The van der Waals surface area contributed by atoms with Crippen molar-refractivity contribution in [1.82, 2.24) is 4.90 Å². The van der Waals surface area contributed by atoms with Crippen LogP contribution in [0.4, 0.5) is 0 Å². The van der Waals surface area contributed by atoms with Gasteiger partial charge in [-0.1, -0.05) is 18.2 Å². The minimum absolute atomic E-state index is 0.0273. The van der Waals surface area contributed by atoms with Crippen LogP contribution in [0.15, 0.2) is 18.2 Å². The van der Waals surface area contributed by atoms with Gasteiger partial charge in [0.1, 0.15) is 0 Å². The molecule has 1 N–H and O–H groups in total. The zero-order chi connectivity index (χ0) is 14.8. The predicted octanol–water partition coefficient (Wildman–Crippen LogP) is 1.92. The van der Waals surface area contributed by atoms with E-state index in [2.05, 4.69) is 0 Å². The summed E-state index contributed by atoms with van der Waals surface area (Å²) in [6.45, 7) is 5.35. The minimum atomic E-state index is -0.820. The maximum atomic E-state index is 12.6. The van der Waals surface area contributed by atoms with Crippen molar-refractivity contribution < 1.29 is 14.6 Å². The van der Waals surface area contributed by atoms with Crippen LogP contribution in [0, 0.1) is 13.8 Å². The molecule has 110 valence electrons. The van der Waals surface area contributed by atoms with E-state index in [1.54, 1.807) is 11.9 Å². The van der Waals surface area contributed by atoms with Crippen LogP contribution in [0.3, 0.4) is 0 Å². The molecule has 0 bridgehead atoms. The molecule has 4 nitrogen and oxygen atoms in total. The zero-order valence-corrected chi connectivity index (χ0v) is 12.5. The normalized spacial score (nSPS) is 17.8. The number of benzene rings is 1. The number of hydrogen-bond donors (Lipinski definition) is 1. The lowest BCUT2D eigenvalue weighted by atomic mass is 9.93. The van der Waals surface area contributed by atoms with Gasteiger partial charge in [-0.25, -0.2) is 0 Å². The van der Waals surface area contributed by atoms with Gasteiger partial charge in [-0.3, -0.25) is 4.79 Å². The molecule has 1 aromatic carbocycles. The third-order valence-electron chi connectivity index (χ3n) is 4.00. The molecule has 0 aliphatic carbocycles. The van der Waals surface area contributed by atoms with E-state index in [-0.39, 0.29) is 5.91 Å². The van der Waals surface area contributed by atoms with Gasteiger partial charge in [0.15, 0.2) is 0 Å². The van der Waals surface area contributed by atoms with E-state index >= 15 is 0 Å². The number of ether oxygens (including phenoxy) is 1. The van der Waals surface area contributed by atoms with Crippen molar-refractivity contribution in [3.05, 3.63) is 34.9 Å². The quantitative estimate of drug-likeness (QED) is 0.918. The van der Waals surface area contributed by atoms with Crippen molar-refractivity contribution in [2.24, 2.45) is 0 Å². The lowest BCUT2D eigenvalue weighted by Crippen LogP contribution is -2.47. The van der Waals surface area contributed by atoms with Gasteiger partial charge in [-0.15, -0.1) is 0 Å². The van der Waals surface area contributed by atoms with Gasteiger partial charge in [0, 0.05) is 45.2 Å². The zero-order valence-electron chi connectivity index (χ0n) is 12.5. The van der Waals surface area contributed by atoms with Crippen LogP contribution in [0.1, 0.15) is 34.3 Å². The second-order valence-corrected chi connectivity index (χ2v) is 5.76. The van der Waals surface area contributed by atoms with Gasteiger partial charge in [0.2, 0.25) is 0 Å². The van der Waals surface area contributed by atoms with Gasteiger partial charge in [-0.05, 0) is 25.0 Å². The largest absolute Gasteiger partial charge is 0.388 e. The molecule has 1 fully saturated rings. The van der Waals surface area contributed by atoms with Gasteiger partial charge in [-0.2, -0.15) is 0 Å². The number of aryl methyl sites for hydroxylation is 2. The molecule has 1 aliphatic heterocycles. The first-order chi connectivity index (χ1) is 9.43. The first-order valence-corrected chi connectivity index (χ1v) is 7.05. The molecule has 0 radical (unpaired) electrons. The van der Waals surface area contributed by atoms with Crippen molar-refractivity contribution in [2.75, 3.05) is 26.8 Å². The van der Waals surface area contributed by atoms with E-state index < -0.39 is 5.60 Å². The third kappa shape index (κ3) is 3.19. The second-order valence-electron chi connectivity index (χ2n) is 5.76. The number of carbonyl (C=O) groups excluding carboxylic acids is 1. The summed E-state index contributed by atoms with van der Waals surface area (Å²) in [4.78, 5) is 14.2. The molecule has 1 heterocycles. The van der Waals surface area contributed by atoms with Gasteiger partial charge >= 0.3 is 0 Å². The Labute approximate surface area is 120 Å². The van der Waals surface area contributed by atoms with Crippen LogP contribution in [0.2, 0.25) is 0 Å². The molecule has 0 saturated carbocycles. The summed E-state index contributed by atoms with van der Waals surface area (Å²) in [6, 6.07) is 5.84. The third-order valence-corrected chi connectivity index (χ3v) is 4.00. The molecule has 1 aliphatic rings. The highest BCUT2D eigenvalue weighted by molar-refractivity contribution is 5.96. The van der Waals surface area contributed by atoms with Crippen molar-refractivity contribution in [3.8, 4) is 0 Å². The summed E-state index contributed by atoms with van der Waals surface area (Å²) in [5, 5.41) is 10.5. The molecule has 0 spiro atoms. The van der Waals surface area contributed by atoms with Crippen LogP contribution in [0.25, 0.3) is 0 Å². The second kappa shape index (κ2) is 5.94. The number of rotatable bonds is 3. The van der Waals surface area contributed by atoms with Crippen molar-refractivity contribution in [3.63, 3.8) is 0 Å². The summed E-state index contributed by atoms with van der Waals surface area (Å²) < 4.78 is 5.27. The number of likely N-dealkylation sites (N-methyl/N-ethyl adjacent to an activating group) is 1. The Balaban J connectivity index is 2.12. The lowest BCUT2D eigenvalue weighted by Gasteiger charge is -2.35. The summed E-state index contributed by atoms with van der Waals surface area (Å²) in [6.07, 6.45) is 1.16. The van der Waals surface area contributed by atoms with Gasteiger partial charge in [0.05, 0.1) is 5.60 Å². The van der Waals surface area contributed by atoms with E-state index in [4.69, 9.17) is 4.74 Å². The Morgan fingerprint density at radius 1 is 1.30 bits per heavy atom. The van der Waals surface area contributed by atoms with Crippen molar-refractivity contribution >= 4 is 5.91 Å². The summed E-state index contributed by atoms with van der Waals surface area (Å²) in [7, 11) is 1.75. The molecule has 1 aromatic rings. The van der Waals surface area contributed by atoms with Crippen molar-refractivity contribution in [1.29, 1.82) is 0 Å². The van der Waals surface area contributed by atoms with E-state index in [0.717, 1.165) is 16.7 Å². The highest BCUT2D eigenvalue weighted by atomic mass is 16.5. The molecule has 0 atom stereocenters. The fraction of sp³-hybridized carbons (Fsp3) is 0.562. The van der Waals surface area contributed by atoms with Crippen LogP contribution in [0.5, 0.6) is 0 Å². The molecule has 1 saturated heterocycles. The Morgan fingerprint density at radius 2 is 1.85 bits per heavy atom. The summed E-state index contributed by atoms with van der Waals surface area (Å²) in [5.74, 6) is -0.0273. The first kappa shape index (κ1) is 15.0. The highest BCUT2D eigenvalue weighted by Gasteiger charge is 2.33. The van der Waals surface area contributed by atoms with Crippen LogP contribution >= 0.6 is 0 Å². The Bertz CT molecular complexity index is 472. The Hall–Kier alpha value is -1.39. The molecule has 0 unspecified atom stereocenters. The summed E-state index contributed by atoms with van der Waals surface area (Å²) in [5.41, 5.74) is 1.87. The van der Waals surface area contributed by atoms with Crippen LogP contribution < -0.4 is 0 Å². The van der Waals surface area contributed by atoms with E-state index in [0.29, 0.717) is 32.6 Å². The maximum absolute atomic E-state index is 12.6. The highest BCUT2D eigenvalue weighted by Crippen LogP contribution is 2.23. The molecular weight excluding hydrogens is 254 g/mol.